The highest BCUT2D eigenvalue weighted by Gasteiger charge is 2.36. The number of benzene rings is 1. The van der Waals surface area contributed by atoms with Gasteiger partial charge in [0.25, 0.3) is 0 Å². The zero-order valence-corrected chi connectivity index (χ0v) is 24.8. The predicted molar refractivity (Wildman–Crippen MR) is 160 cm³/mol. The third-order valence-corrected chi connectivity index (χ3v) is 8.27. The number of pyridine rings is 1. The van der Waals surface area contributed by atoms with Crippen LogP contribution in [0.2, 0.25) is 0 Å². The smallest absolute Gasteiger partial charge is 0.353 e. The van der Waals surface area contributed by atoms with E-state index in [1.54, 1.807) is 4.90 Å². The van der Waals surface area contributed by atoms with Gasteiger partial charge in [0.15, 0.2) is 5.82 Å². The summed E-state index contributed by atoms with van der Waals surface area (Å²) < 4.78 is 41.7. The molecule has 0 aliphatic carbocycles. The molecular weight excluding hydrogens is 632 g/mol. The maximum absolute atomic E-state index is 13.6. The Hall–Kier alpha value is -2.74. The minimum absolute atomic E-state index is 0.0248. The molecule has 214 valence electrons. The Morgan fingerprint density at radius 2 is 1.48 bits per heavy atom. The predicted octanol–water partition coefficient (Wildman–Crippen LogP) is 5.14. The Kier molecular flexibility index (Phi) is 9.24. The van der Waals surface area contributed by atoms with Crippen molar-refractivity contribution >= 4 is 40.3 Å². The van der Waals surface area contributed by atoms with E-state index in [2.05, 4.69) is 56.4 Å². The molecule has 5 rings (SSSR count). The third kappa shape index (κ3) is 6.76. The zero-order valence-electron chi connectivity index (χ0n) is 22.6. The number of unbranched alkanes of at least 4 members (excludes halogenated alkanes) is 1. The molecule has 2 fully saturated rings. The molecule has 40 heavy (non-hydrogen) atoms. The second kappa shape index (κ2) is 12.8. The Balaban J connectivity index is 1.39. The quantitative estimate of drug-likeness (QED) is 0.242. The molecule has 0 N–H and O–H groups in total. The molecule has 0 amide bonds. The van der Waals surface area contributed by atoms with Crippen LogP contribution in [0.4, 0.5) is 30.9 Å². The van der Waals surface area contributed by atoms with E-state index in [9.17, 15) is 13.2 Å². The SMILES string of the molecule is CCCCN1CCN(c2nc(-c3cccc(CI)c3)nc(N3CCN(c4ncccc4C(F)(F)F)CC3)n2)CC1. The Morgan fingerprint density at radius 3 is 2.10 bits per heavy atom. The zero-order chi connectivity index (χ0) is 28.1. The van der Waals surface area contributed by atoms with Crippen LogP contribution < -0.4 is 14.7 Å². The van der Waals surface area contributed by atoms with Gasteiger partial charge in [0.2, 0.25) is 11.9 Å². The highest BCUT2D eigenvalue weighted by Crippen LogP contribution is 2.35. The topological polar surface area (TPSA) is 64.5 Å². The summed E-state index contributed by atoms with van der Waals surface area (Å²) >= 11 is 2.34. The molecule has 2 aliphatic rings. The molecule has 2 aliphatic heterocycles. The van der Waals surface area contributed by atoms with E-state index >= 15 is 0 Å². The Morgan fingerprint density at radius 1 is 0.825 bits per heavy atom. The molecule has 2 aromatic heterocycles. The van der Waals surface area contributed by atoms with Crippen LogP contribution in [0.1, 0.15) is 30.9 Å². The van der Waals surface area contributed by atoms with Crippen molar-refractivity contribution in [2.75, 3.05) is 73.6 Å². The van der Waals surface area contributed by atoms with Crippen molar-refractivity contribution in [3.05, 3.63) is 53.7 Å². The molecule has 0 spiro atoms. The fourth-order valence-corrected chi connectivity index (χ4v) is 5.58. The maximum Gasteiger partial charge on any atom is 0.419 e. The average molecular weight is 667 g/mol. The molecule has 2 saturated heterocycles. The molecule has 0 unspecified atom stereocenters. The van der Waals surface area contributed by atoms with Gasteiger partial charge in [-0.2, -0.15) is 28.1 Å². The van der Waals surface area contributed by atoms with E-state index < -0.39 is 11.7 Å². The number of nitrogens with zero attached hydrogens (tertiary/aromatic N) is 8. The number of aromatic nitrogens is 4. The van der Waals surface area contributed by atoms with Crippen molar-refractivity contribution < 1.29 is 13.2 Å². The summed E-state index contributed by atoms with van der Waals surface area (Å²) in [4.78, 5) is 27.2. The summed E-state index contributed by atoms with van der Waals surface area (Å²) in [6.45, 7) is 8.66. The Labute approximate surface area is 246 Å². The van der Waals surface area contributed by atoms with Crippen LogP contribution in [0.25, 0.3) is 11.4 Å². The first-order chi connectivity index (χ1) is 19.4. The number of alkyl halides is 4. The van der Waals surface area contributed by atoms with E-state index in [1.165, 1.54) is 30.7 Å². The lowest BCUT2D eigenvalue weighted by Gasteiger charge is -2.37. The second-order valence-corrected chi connectivity index (χ2v) is 10.9. The fourth-order valence-electron chi connectivity index (χ4n) is 5.10. The van der Waals surface area contributed by atoms with Gasteiger partial charge in [0.05, 0.1) is 5.56 Å². The van der Waals surface area contributed by atoms with Crippen molar-refractivity contribution in [1.29, 1.82) is 0 Å². The molecule has 0 bridgehead atoms. The van der Waals surface area contributed by atoms with Gasteiger partial charge in [-0.05, 0) is 36.7 Å². The largest absolute Gasteiger partial charge is 0.419 e. The normalized spacial score (nSPS) is 17.0. The van der Waals surface area contributed by atoms with Crippen molar-refractivity contribution in [2.45, 2.75) is 30.4 Å². The van der Waals surface area contributed by atoms with Crippen LogP contribution in [0.15, 0.2) is 42.6 Å². The molecule has 12 heteroatoms. The molecule has 4 heterocycles. The highest BCUT2D eigenvalue weighted by atomic mass is 127. The number of hydrogen-bond donors (Lipinski definition) is 0. The van der Waals surface area contributed by atoms with Gasteiger partial charge in [0.1, 0.15) is 5.82 Å². The summed E-state index contributed by atoms with van der Waals surface area (Å²) in [7, 11) is 0. The summed E-state index contributed by atoms with van der Waals surface area (Å²) in [6, 6.07) is 10.6. The average Bonchev–Trinajstić information content (AvgIpc) is 3.00. The van der Waals surface area contributed by atoms with Crippen molar-refractivity contribution in [3.63, 3.8) is 0 Å². The number of piperazine rings is 2. The number of hydrogen-bond acceptors (Lipinski definition) is 8. The van der Waals surface area contributed by atoms with E-state index in [4.69, 9.17) is 15.0 Å². The van der Waals surface area contributed by atoms with Gasteiger partial charge >= 0.3 is 6.18 Å². The van der Waals surface area contributed by atoms with E-state index in [0.717, 1.165) is 48.8 Å². The minimum Gasteiger partial charge on any atom is -0.353 e. The van der Waals surface area contributed by atoms with E-state index in [1.807, 2.05) is 17.0 Å². The Bertz CT molecular complexity index is 1270. The molecule has 0 atom stereocenters. The molecule has 0 radical (unpaired) electrons. The standard InChI is InChI=1S/C28H34F3IN8/c1-2-3-10-37-11-13-39(14-12-37)26-34-24(22-7-4-6-21(19-22)20-32)35-27(36-26)40-17-15-38(16-18-40)25-23(28(29,30)31)8-5-9-33-25/h4-9,19H,2-3,10-18,20H2,1H3. The van der Waals surface area contributed by atoms with Gasteiger partial charge in [0, 0.05) is 68.5 Å². The summed E-state index contributed by atoms with van der Waals surface area (Å²) in [5.74, 6) is 1.81. The van der Waals surface area contributed by atoms with Crippen LogP contribution >= 0.6 is 22.6 Å². The lowest BCUT2D eigenvalue weighted by molar-refractivity contribution is -0.137. The number of halogens is 4. The van der Waals surface area contributed by atoms with Gasteiger partial charge in [-0.1, -0.05) is 54.1 Å². The first-order valence-electron chi connectivity index (χ1n) is 13.8. The highest BCUT2D eigenvalue weighted by molar-refractivity contribution is 14.1. The van der Waals surface area contributed by atoms with Gasteiger partial charge < -0.3 is 14.7 Å². The van der Waals surface area contributed by atoms with Crippen molar-refractivity contribution in [2.24, 2.45) is 0 Å². The summed E-state index contributed by atoms with van der Waals surface area (Å²) in [6.07, 6.45) is -0.664. The summed E-state index contributed by atoms with van der Waals surface area (Å²) in [5, 5.41) is 0. The monoisotopic (exact) mass is 666 g/mol. The van der Waals surface area contributed by atoms with Gasteiger partial charge in [-0.15, -0.1) is 0 Å². The molecule has 3 aromatic rings. The first kappa shape index (κ1) is 28.8. The lowest BCUT2D eigenvalue weighted by atomic mass is 10.1. The van der Waals surface area contributed by atoms with E-state index in [0.29, 0.717) is 43.9 Å². The van der Waals surface area contributed by atoms with Crippen LogP contribution in [0, 0.1) is 0 Å². The molecule has 1 aromatic carbocycles. The number of rotatable bonds is 8. The van der Waals surface area contributed by atoms with Crippen molar-refractivity contribution in [3.8, 4) is 11.4 Å². The first-order valence-corrected chi connectivity index (χ1v) is 15.3. The van der Waals surface area contributed by atoms with Crippen LogP contribution in [0.3, 0.4) is 0 Å². The van der Waals surface area contributed by atoms with E-state index in [-0.39, 0.29) is 5.82 Å². The van der Waals surface area contributed by atoms with Gasteiger partial charge in [-0.25, -0.2) is 4.98 Å². The molecule has 8 nitrogen and oxygen atoms in total. The van der Waals surface area contributed by atoms with Gasteiger partial charge in [-0.3, -0.25) is 4.90 Å². The lowest BCUT2D eigenvalue weighted by Crippen LogP contribution is -2.49. The van der Waals surface area contributed by atoms with Crippen LogP contribution in [-0.4, -0.2) is 83.7 Å². The molecular formula is C28H34F3IN8. The van der Waals surface area contributed by atoms with Crippen LogP contribution in [-0.2, 0) is 10.6 Å². The molecule has 0 saturated carbocycles. The third-order valence-electron chi connectivity index (χ3n) is 7.39. The maximum atomic E-state index is 13.6. The minimum atomic E-state index is -4.45. The fraction of sp³-hybridized carbons (Fsp3) is 0.500. The second-order valence-electron chi connectivity index (χ2n) is 10.1. The van der Waals surface area contributed by atoms with Crippen molar-refractivity contribution in [1.82, 2.24) is 24.8 Å². The van der Waals surface area contributed by atoms with Crippen LogP contribution in [0.5, 0.6) is 0 Å². The summed E-state index contributed by atoms with van der Waals surface area (Å²) in [5.41, 5.74) is 1.42. The number of anilines is 3.